The molecule has 0 amide bonds. The van der Waals surface area contributed by atoms with Crippen molar-refractivity contribution in [2.45, 2.75) is 17.3 Å². The van der Waals surface area contributed by atoms with Gasteiger partial charge in [-0.15, -0.1) is 0 Å². The quantitative estimate of drug-likeness (QED) is 0.515. The first kappa shape index (κ1) is 18.1. The van der Waals surface area contributed by atoms with Crippen LogP contribution in [0.1, 0.15) is 21.5 Å². The van der Waals surface area contributed by atoms with Gasteiger partial charge in [-0.25, -0.2) is 4.79 Å². The molecule has 0 aliphatic carbocycles. The molecule has 3 nitrogen and oxygen atoms in total. The zero-order valence-corrected chi connectivity index (χ0v) is 15.4. The third kappa shape index (κ3) is 4.90. The molecule has 4 heteroatoms. The topological polar surface area (TPSA) is 46.5 Å². The lowest BCUT2D eigenvalue weighted by atomic mass is 10.1. The Morgan fingerprint density at radius 2 is 1.54 bits per heavy atom. The molecule has 1 unspecified atom stereocenters. The molecule has 0 aromatic heterocycles. The van der Waals surface area contributed by atoms with Gasteiger partial charge in [0.1, 0.15) is 24.4 Å². The SMILES string of the molecule is C[S+](Cc1ccc(C(=O)OCc2ccccc2)cc1)c1ccc(O)cc1. The largest absolute Gasteiger partial charge is 0.508 e. The Balaban J connectivity index is 1.57. The van der Waals surface area contributed by atoms with Crippen molar-refractivity contribution in [2.24, 2.45) is 0 Å². The maximum Gasteiger partial charge on any atom is 0.338 e. The Morgan fingerprint density at radius 3 is 2.19 bits per heavy atom. The van der Waals surface area contributed by atoms with Crippen LogP contribution in [0.2, 0.25) is 0 Å². The molecule has 0 fully saturated rings. The van der Waals surface area contributed by atoms with Gasteiger partial charge in [0.25, 0.3) is 0 Å². The van der Waals surface area contributed by atoms with Crippen LogP contribution in [0.4, 0.5) is 0 Å². The van der Waals surface area contributed by atoms with Gasteiger partial charge in [-0.05, 0) is 42.0 Å². The van der Waals surface area contributed by atoms with Crippen molar-refractivity contribution < 1.29 is 14.6 Å². The number of phenols is 1. The van der Waals surface area contributed by atoms with Gasteiger partial charge in [-0.1, -0.05) is 42.5 Å². The number of carbonyl (C=O) groups is 1. The van der Waals surface area contributed by atoms with Gasteiger partial charge in [-0.3, -0.25) is 0 Å². The van der Waals surface area contributed by atoms with E-state index in [4.69, 9.17) is 4.74 Å². The van der Waals surface area contributed by atoms with Crippen LogP contribution in [0, 0.1) is 0 Å². The van der Waals surface area contributed by atoms with Gasteiger partial charge in [0, 0.05) is 16.5 Å². The molecule has 0 saturated heterocycles. The van der Waals surface area contributed by atoms with Gasteiger partial charge in [0.2, 0.25) is 0 Å². The molecule has 0 aliphatic rings. The van der Waals surface area contributed by atoms with Crippen molar-refractivity contribution in [1.82, 2.24) is 0 Å². The lowest BCUT2D eigenvalue weighted by Crippen LogP contribution is -2.06. The van der Waals surface area contributed by atoms with Crippen molar-refractivity contribution in [1.29, 1.82) is 0 Å². The summed E-state index contributed by atoms with van der Waals surface area (Å²) in [5, 5.41) is 9.39. The van der Waals surface area contributed by atoms with E-state index < -0.39 is 0 Å². The second-order valence-electron chi connectivity index (χ2n) is 6.03. The minimum absolute atomic E-state index is 0.0344. The molecule has 0 bridgehead atoms. The number of aromatic hydroxyl groups is 1. The van der Waals surface area contributed by atoms with Crippen LogP contribution in [-0.4, -0.2) is 17.3 Å². The molecule has 3 aromatic carbocycles. The van der Waals surface area contributed by atoms with Crippen molar-refractivity contribution in [2.75, 3.05) is 6.26 Å². The normalized spacial score (nSPS) is 11.7. The molecular weight excluding hydrogens is 344 g/mol. The zero-order valence-electron chi connectivity index (χ0n) is 14.6. The maximum atomic E-state index is 12.2. The summed E-state index contributed by atoms with van der Waals surface area (Å²) in [7, 11) is 0.0344. The van der Waals surface area contributed by atoms with E-state index in [0.717, 1.165) is 11.3 Å². The summed E-state index contributed by atoms with van der Waals surface area (Å²) in [5.74, 6) is 0.864. The Labute approximate surface area is 156 Å². The van der Waals surface area contributed by atoms with Crippen LogP contribution in [0.15, 0.2) is 83.8 Å². The van der Waals surface area contributed by atoms with Gasteiger partial charge >= 0.3 is 5.97 Å². The first-order valence-electron chi connectivity index (χ1n) is 8.33. The monoisotopic (exact) mass is 365 g/mol. The molecule has 1 N–H and O–H groups in total. The van der Waals surface area contributed by atoms with Crippen molar-refractivity contribution in [3.8, 4) is 5.75 Å². The van der Waals surface area contributed by atoms with Gasteiger partial charge in [-0.2, -0.15) is 0 Å². The Bertz CT molecular complexity index is 843. The molecule has 0 spiro atoms. The number of hydrogen-bond donors (Lipinski definition) is 1. The summed E-state index contributed by atoms with van der Waals surface area (Å²) in [4.78, 5) is 13.4. The summed E-state index contributed by atoms with van der Waals surface area (Å²) in [5.41, 5.74) is 2.70. The Hall–Kier alpha value is -2.72. The van der Waals surface area contributed by atoms with Crippen molar-refractivity contribution in [3.05, 3.63) is 95.6 Å². The summed E-state index contributed by atoms with van der Waals surface area (Å²) < 4.78 is 5.35. The molecule has 0 radical (unpaired) electrons. The number of benzene rings is 3. The van der Waals surface area contributed by atoms with E-state index in [9.17, 15) is 9.90 Å². The number of ether oxygens (including phenoxy) is 1. The fourth-order valence-corrected chi connectivity index (χ4v) is 4.02. The lowest BCUT2D eigenvalue weighted by molar-refractivity contribution is 0.0472. The first-order valence-corrected chi connectivity index (χ1v) is 10.1. The summed E-state index contributed by atoms with van der Waals surface area (Å²) >= 11 is 0. The predicted octanol–water partition coefficient (Wildman–Crippen LogP) is 4.56. The Kier molecular flexibility index (Phi) is 5.97. The highest BCUT2D eigenvalue weighted by molar-refractivity contribution is 7.95. The number of hydrogen-bond acceptors (Lipinski definition) is 3. The number of esters is 1. The summed E-state index contributed by atoms with van der Waals surface area (Å²) in [6.45, 7) is 0.278. The average molecular weight is 365 g/mol. The smallest absolute Gasteiger partial charge is 0.338 e. The number of carbonyl (C=O) groups excluding carboxylic acids is 1. The minimum atomic E-state index is -0.311. The van der Waals surface area contributed by atoms with Crippen molar-refractivity contribution in [3.63, 3.8) is 0 Å². The second-order valence-corrected chi connectivity index (χ2v) is 8.07. The second kappa shape index (κ2) is 8.59. The highest BCUT2D eigenvalue weighted by Crippen LogP contribution is 2.20. The number of phenolic OH excluding ortho intramolecular Hbond substituents is 1. The molecule has 26 heavy (non-hydrogen) atoms. The molecule has 132 valence electrons. The van der Waals surface area contributed by atoms with E-state index in [-0.39, 0.29) is 29.2 Å². The van der Waals surface area contributed by atoms with Gasteiger partial charge in [0.15, 0.2) is 4.90 Å². The fraction of sp³-hybridized carbons (Fsp3) is 0.136. The lowest BCUT2D eigenvalue weighted by Gasteiger charge is -2.07. The number of rotatable bonds is 6. The van der Waals surface area contributed by atoms with E-state index in [1.165, 1.54) is 10.5 Å². The van der Waals surface area contributed by atoms with Crippen LogP contribution in [0.3, 0.4) is 0 Å². The van der Waals surface area contributed by atoms with E-state index in [0.29, 0.717) is 5.56 Å². The molecular formula is C22H21O3S+. The molecule has 1 atom stereocenters. The van der Waals surface area contributed by atoms with Gasteiger partial charge < -0.3 is 9.84 Å². The molecule has 0 aliphatic heterocycles. The van der Waals surface area contributed by atoms with Crippen LogP contribution in [0.5, 0.6) is 5.75 Å². The van der Waals surface area contributed by atoms with E-state index in [1.807, 2.05) is 66.7 Å². The van der Waals surface area contributed by atoms with E-state index >= 15 is 0 Å². The van der Waals surface area contributed by atoms with Crippen LogP contribution in [-0.2, 0) is 28.0 Å². The highest BCUT2D eigenvalue weighted by Gasteiger charge is 2.16. The molecule has 0 saturated carbocycles. The predicted molar refractivity (Wildman–Crippen MR) is 105 cm³/mol. The summed E-state index contributed by atoms with van der Waals surface area (Å²) in [6, 6.07) is 24.6. The third-order valence-electron chi connectivity index (χ3n) is 4.02. The van der Waals surface area contributed by atoms with Crippen molar-refractivity contribution >= 4 is 16.9 Å². The Morgan fingerprint density at radius 1 is 0.885 bits per heavy atom. The molecule has 0 heterocycles. The molecule has 3 aromatic rings. The summed E-state index contributed by atoms with van der Waals surface area (Å²) in [6.07, 6.45) is 2.18. The minimum Gasteiger partial charge on any atom is -0.508 e. The zero-order chi connectivity index (χ0) is 18.4. The average Bonchev–Trinajstić information content (AvgIpc) is 2.68. The van der Waals surface area contributed by atoms with Crippen LogP contribution >= 0.6 is 0 Å². The first-order chi connectivity index (χ1) is 12.6. The van der Waals surface area contributed by atoms with Gasteiger partial charge in [0.05, 0.1) is 5.56 Å². The fourth-order valence-electron chi connectivity index (χ4n) is 2.56. The van der Waals surface area contributed by atoms with E-state index in [1.54, 1.807) is 12.1 Å². The maximum absolute atomic E-state index is 12.2. The third-order valence-corrected chi connectivity index (χ3v) is 5.87. The van der Waals surface area contributed by atoms with Crippen LogP contribution < -0.4 is 0 Å². The molecule has 3 rings (SSSR count). The standard InChI is InChI=1S/C22H20O3S/c1-26(21-13-11-20(23)12-14-21)16-18-7-9-19(10-8-18)22(24)25-15-17-5-3-2-4-6-17/h2-14H,15-16H2,1H3/p+1. The highest BCUT2D eigenvalue weighted by atomic mass is 32.2. The van der Waals surface area contributed by atoms with E-state index in [2.05, 4.69) is 6.26 Å². The van der Waals surface area contributed by atoms with Crippen LogP contribution in [0.25, 0.3) is 0 Å².